The van der Waals surface area contributed by atoms with Gasteiger partial charge in [0.1, 0.15) is 12.9 Å². The summed E-state index contributed by atoms with van der Waals surface area (Å²) in [6, 6.07) is 0. The fourth-order valence-corrected chi connectivity index (χ4v) is 1.01. The molecule has 0 aromatic carbocycles. The van der Waals surface area contributed by atoms with Gasteiger partial charge in [0.05, 0.1) is 6.61 Å². The van der Waals surface area contributed by atoms with E-state index in [9.17, 15) is 31.1 Å². The fourth-order valence-electron chi connectivity index (χ4n) is 1.01. The minimum Gasteiger partial charge on any atom is -0.399 e. The Morgan fingerprint density at radius 3 is 2.05 bits per heavy atom. The SMILES string of the molecule is CC(COCc1coc(=O)o1)(C(F)(F)F)C(F)(F)F. The van der Waals surface area contributed by atoms with Gasteiger partial charge in [0.25, 0.3) is 0 Å². The molecule has 0 aliphatic rings. The molecule has 10 heteroatoms. The zero-order chi connectivity index (χ0) is 14.9. The van der Waals surface area contributed by atoms with E-state index in [1.165, 1.54) is 0 Å². The Labute approximate surface area is 101 Å². The van der Waals surface area contributed by atoms with E-state index in [-0.39, 0.29) is 12.7 Å². The van der Waals surface area contributed by atoms with E-state index < -0.39 is 36.8 Å². The van der Waals surface area contributed by atoms with Crippen LogP contribution in [0.2, 0.25) is 0 Å². The van der Waals surface area contributed by atoms with Gasteiger partial charge >= 0.3 is 18.2 Å². The fraction of sp³-hybridized carbons (Fsp3) is 0.667. The number of hydrogen-bond acceptors (Lipinski definition) is 4. The summed E-state index contributed by atoms with van der Waals surface area (Å²) >= 11 is 0. The lowest BCUT2D eigenvalue weighted by molar-refractivity contribution is -0.346. The molecule has 0 saturated heterocycles. The molecule has 0 amide bonds. The number of rotatable bonds is 4. The molecule has 0 N–H and O–H groups in total. The van der Waals surface area contributed by atoms with Crippen LogP contribution >= 0.6 is 0 Å². The lowest BCUT2D eigenvalue weighted by atomic mass is 9.90. The summed E-state index contributed by atoms with van der Waals surface area (Å²) in [7, 11) is 0. The van der Waals surface area contributed by atoms with Crippen LogP contribution in [0.4, 0.5) is 26.3 Å². The quantitative estimate of drug-likeness (QED) is 0.801. The Morgan fingerprint density at radius 2 is 1.68 bits per heavy atom. The minimum atomic E-state index is -5.53. The van der Waals surface area contributed by atoms with Crippen molar-refractivity contribution in [3.05, 3.63) is 22.6 Å². The maximum absolute atomic E-state index is 12.4. The first kappa shape index (κ1) is 15.6. The van der Waals surface area contributed by atoms with Gasteiger partial charge in [0, 0.05) is 0 Å². The summed E-state index contributed by atoms with van der Waals surface area (Å²) in [5.74, 6) is -1.44. The molecule has 0 saturated carbocycles. The molecule has 19 heavy (non-hydrogen) atoms. The monoisotopic (exact) mass is 294 g/mol. The zero-order valence-electron chi connectivity index (χ0n) is 9.39. The topological polar surface area (TPSA) is 52.6 Å². The third-order valence-electron chi connectivity index (χ3n) is 2.39. The first-order valence-electron chi connectivity index (χ1n) is 4.76. The van der Waals surface area contributed by atoms with E-state index in [0.717, 1.165) is 6.26 Å². The Balaban J connectivity index is 2.73. The van der Waals surface area contributed by atoms with Crippen molar-refractivity contribution in [1.29, 1.82) is 0 Å². The Hall–Kier alpha value is -1.45. The number of halogens is 6. The van der Waals surface area contributed by atoms with Crippen molar-refractivity contribution in [3.63, 3.8) is 0 Å². The summed E-state index contributed by atoms with van der Waals surface area (Å²) < 4.78 is 87.3. The summed E-state index contributed by atoms with van der Waals surface area (Å²) in [4.78, 5) is 10.4. The second-order valence-electron chi connectivity index (χ2n) is 3.87. The molecule has 0 radical (unpaired) electrons. The van der Waals surface area contributed by atoms with Crippen LogP contribution in [-0.4, -0.2) is 19.0 Å². The average Bonchev–Trinajstić information content (AvgIpc) is 2.60. The standard InChI is InChI=1S/C9H8F6O4/c1-7(8(10,11)12,9(13,14)15)4-17-2-5-3-18-6(16)19-5/h3H,2,4H2,1H3. The number of hydrogen-bond donors (Lipinski definition) is 0. The molecule has 4 nitrogen and oxygen atoms in total. The van der Waals surface area contributed by atoms with Crippen LogP contribution in [0.5, 0.6) is 0 Å². The highest BCUT2D eigenvalue weighted by atomic mass is 19.4. The summed E-state index contributed by atoms with van der Waals surface area (Å²) in [6.07, 6.45) is -10.3. The number of alkyl halides is 6. The van der Waals surface area contributed by atoms with Crippen molar-refractivity contribution in [1.82, 2.24) is 0 Å². The highest BCUT2D eigenvalue weighted by Crippen LogP contribution is 2.50. The Bertz CT molecular complexity index is 454. The van der Waals surface area contributed by atoms with Gasteiger partial charge < -0.3 is 13.6 Å². The zero-order valence-corrected chi connectivity index (χ0v) is 9.39. The smallest absolute Gasteiger partial charge is 0.399 e. The molecular formula is C9H8F6O4. The molecule has 1 aromatic rings. The van der Waals surface area contributed by atoms with Crippen LogP contribution in [-0.2, 0) is 11.3 Å². The maximum Gasteiger partial charge on any atom is 0.518 e. The van der Waals surface area contributed by atoms with E-state index >= 15 is 0 Å². The van der Waals surface area contributed by atoms with Crippen LogP contribution in [0.3, 0.4) is 0 Å². The molecule has 0 fully saturated rings. The predicted molar refractivity (Wildman–Crippen MR) is 47.1 cm³/mol. The van der Waals surface area contributed by atoms with Gasteiger partial charge in [0.15, 0.2) is 11.2 Å². The number of ether oxygens (including phenoxy) is 1. The Morgan fingerprint density at radius 1 is 1.16 bits per heavy atom. The average molecular weight is 294 g/mol. The van der Waals surface area contributed by atoms with E-state index in [0.29, 0.717) is 0 Å². The lowest BCUT2D eigenvalue weighted by Crippen LogP contribution is -2.50. The van der Waals surface area contributed by atoms with Gasteiger partial charge in [-0.05, 0) is 6.92 Å². The lowest BCUT2D eigenvalue weighted by Gasteiger charge is -2.33. The third-order valence-corrected chi connectivity index (χ3v) is 2.39. The van der Waals surface area contributed by atoms with Crippen LogP contribution in [0.25, 0.3) is 0 Å². The molecule has 110 valence electrons. The van der Waals surface area contributed by atoms with Crippen molar-refractivity contribution < 1.29 is 39.9 Å². The second-order valence-corrected chi connectivity index (χ2v) is 3.87. The highest BCUT2D eigenvalue weighted by Gasteiger charge is 2.67. The van der Waals surface area contributed by atoms with Gasteiger partial charge in [-0.2, -0.15) is 26.3 Å². The molecule has 0 unspecified atom stereocenters. The summed E-state index contributed by atoms with van der Waals surface area (Å²) in [6.45, 7) is -2.42. The van der Waals surface area contributed by atoms with Crippen LogP contribution < -0.4 is 5.82 Å². The molecule has 0 aliphatic carbocycles. The normalized spacial score (nSPS) is 13.8. The van der Waals surface area contributed by atoms with Gasteiger partial charge in [-0.25, -0.2) is 4.79 Å². The van der Waals surface area contributed by atoms with Crippen molar-refractivity contribution in [2.45, 2.75) is 25.9 Å². The van der Waals surface area contributed by atoms with E-state index in [4.69, 9.17) is 0 Å². The van der Waals surface area contributed by atoms with Gasteiger partial charge in [-0.1, -0.05) is 0 Å². The van der Waals surface area contributed by atoms with Crippen molar-refractivity contribution in [2.24, 2.45) is 5.41 Å². The molecule has 0 aliphatic heterocycles. The minimum absolute atomic E-state index is 0.0153. The van der Waals surface area contributed by atoms with Crippen molar-refractivity contribution in [2.75, 3.05) is 6.61 Å². The molecule has 0 atom stereocenters. The summed E-state index contributed by atoms with van der Waals surface area (Å²) in [5, 5.41) is 0. The highest BCUT2D eigenvalue weighted by molar-refractivity contribution is 4.90. The third kappa shape index (κ3) is 3.31. The van der Waals surface area contributed by atoms with Crippen LogP contribution in [0, 0.1) is 5.41 Å². The molecule has 1 rings (SSSR count). The molecule has 0 bridgehead atoms. The first-order valence-corrected chi connectivity index (χ1v) is 4.76. The molecular weight excluding hydrogens is 286 g/mol. The molecule has 1 heterocycles. The van der Waals surface area contributed by atoms with Crippen molar-refractivity contribution in [3.8, 4) is 0 Å². The maximum atomic E-state index is 12.4. The van der Waals surface area contributed by atoms with Gasteiger partial charge in [-0.15, -0.1) is 0 Å². The first-order chi connectivity index (χ1) is 8.47. The van der Waals surface area contributed by atoms with Gasteiger partial charge in [0.2, 0.25) is 0 Å². The summed E-state index contributed by atoms with van der Waals surface area (Å²) in [5.41, 5.74) is -4.01. The van der Waals surface area contributed by atoms with Crippen LogP contribution in [0.15, 0.2) is 19.9 Å². The molecule has 0 spiro atoms. The van der Waals surface area contributed by atoms with E-state index in [1.54, 1.807) is 0 Å². The largest absolute Gasteiger partial charge is 0.518 e. The molecule has 1 aromatic heterocycles. The van der Waals surface area contributed by atoms with Gasteiger partial charge in [-0.3, -0.25) is 0 Å². The Kier molecular flexibility index (Phi) is 4.03. The predicted octanol–water partition coefficient (Wildman–Crippen LogP) is 2.88. The van der Waals surface area contributed by atoms with E-state index in [1.807, 2.05) is 0 Å². The van der Waals surface area contributed by atoms with Crippen molar-refractivity contribution >= 4 is 0 Å². The van der Waals surface area contributed by atoms with E-state index in [2.05, 4.69) is 13.6 Å². The van der Waals surface area contributed by atoms with Crippen LogP contribution in [0.1, 0.15) is 12.7 Å². The second kappa shape index (κ2) is 4.91.